The van der Waals surface area contributed by atoms with E-state index in [1.54, 1.807) is 24.3 Å². The molecular weight excluding hydrogens is 580 g/mol. The molecule has 12 nitrogen and oxygen atoms in total. The molecule has 0 saturated carbocycles. The number of carbonyl (C=O) groups excluding carboxylic acids is 6. The van der Waals surface area contributed by atoms with Gasteiger partial charge in [0.05, 0.1) is 35.4 Å². The van der Waals surface area contributed by atoms with Crippen molar-refractivity contribution in [3.8, 4) is 0 Å². The van der Waals surface area contributed by atoms with Crippen molar-refractivity contribution in [1.29, 1.82) is 0 Å². The third kappa shape index (κ3) is 4.69. The number of carbonyl (C=O) groups is 6. The smallest absolute Gasteiger partial charge is 0.239 e. The van der Waals surface area contributed by atoms with Gasteiger partial charge in [0.1, 0.15) is 11.5 Å². The molecule has 0 fully saturated rings. The summed E-state index contributed by atoms with van der Waals surface area (Å²) in [5.41, 5.74) is -0.657. The summed E-state index contributed by atoms with van der Waals surface area (Å²) < 4.78 is 37.3. The molecule has 43 heavy (non-hydrogen) atoms. The van der Waals surface area contributed by atoms with Crippen LogP contribution < -0.4 is 10.6 Å². The molecule has 4 aromatic rings. The van der Waals surface area contributed by atoms with Gasteiger partial charge in [-0.1, -0.05) is 0 Å². The van der Waals surface area contributed by atoms with E-state index in [0.29, 0.717) is 11.5 Å². The number of Topliss-reactive ketones (excluding diaryl/α,β-unsaturated/α-hetero) is 4. The number of ketones is 4. The van der Waals surface area contributed by atoms with Crippen molar-refractivity contribution in [1.82, 2.24) is 10.6 Å². The number of nitrogens with one attached hydrogen (secondary N) is 2. The monoisotopic (exact) mass is 600 g/mol. The van der Waals surface area contributed by atoms with Crippen LogP contribution in [0.4, 0.5) is 0 Å². The molecule has 6 rings (SSSR count). The fourth-order valence-corrected chi connectivity index (χ4v) is 6.38. The minimum Gasteiger partial charge on any atom is -0.467 e. The van der Waals surface area contributed by atoms with Gasteiger partial charge >= 0.3 is 0 Å². The second-order valence-electron chi connectivity index (χ2n) is 9.84. The highest BCUT2D eigenvalue weighted by atomic mass is 32.2. The maximum absolute atomic E-state index is 13.5. The van der Waals surface area contributed by atoms with Gasteiger partial charge in [0, 0.05) is 22.3 Å². The van der Waals surface area contributed by atoms with Gasteiger partial charge in [-0.15, -0.1) is 0 Å². The Morgan fingerprint density at radius 3 is 1.37 bits per heavy atom. The summed E-state index contributed by atoms with van der Waals surface area (Å²) >= 11 is 0. The first kappa shape index (κ1) is 27.7. The minimum atomic E-state index is -4.37. The second kappa shape index (κ2) is 10.4. The number of rotatable bonds is 8. The lowest BCUT2D eigenvalue weighted by atomic mass is 10.0. The number of hydrogen-bond donors (Lipinski definition) is 2. The molecule has 2 aliphatic carbocycles. The van der Waals surface area contributed by atoms with Crippen molar-refractivity contribution in [2.75, 3.05) is 0 Å². The van der Waals surface area contributed by atoms with Gasteiger partial charge in [-0.25, -0.2) is 8.42 Å². The number of amides is 2. The lowest BCUT2D eigenvalue weighted by molar-refractivity contribution is -0.123. The quantitative estimate of drug-likeness (QED) is 0.284. The van der Waals surface area contributed by atoms with Gasteiger partial charge in [0.2, 0.25) is 21.7 Å². The molecule has 13 heteroatoms. The van der Waals surface area contributed by atoms with E-state index in [4.69, 9.17) is 8.83 Å². The Bertz CT molecular complexity index is 1820. The zero-order valence-electron chi connectivity index (χ0n) is 22.0. The van der Waals surface area contributed by atoms with Crippen molar-refractivity contribution < 1.29 is 46.0 Å². The molecule has 2 heterocycles. The SMILES string of the molecule is O=C(NCc1ccco1)C1C(=O)c2ccc(S(=O)(=O)c3ccc4c(c3)C(=O)C(C(=O)NCc3ccco3)C4=O)cc2C1=O. The van der Waals surface area contributed by atoms with Crippen LogP contribution in [0.15, 0.2) is 91.8 Å². The van der Waals surface area contributed by atoms with E-state index in [2.05, 4.69) is 10.6 Å². The first-order valence-corrected chi connectivity index (χ1v) is 14.4. The largest absolute Gasteiger partial charge is 0.467 e. The Morgan fingerprint density at radius 1 is 0.605 bits per heavy atom. The van der Waals surface area contributed by atoms with E-state index in [9.17, 15) is 37.2 Å². The molecule has 0 bridgehead atoms. The minimum absolute atomic E-state index is 0.0507. The third-order valence-corrected chi connectivity index (χ3v) is 9.02. The lowest BCUT2D eigenvalue weighted by Gasteiger charge is -2.08. The van der Waals surface area contributed by atoms with Gasteiger partial charge in [0.15, 0.2) is 35.0 Å². The molecule has 0 saturated heterocycles. The molecule has 0 radical (unpaired) electrons. The predicted octanol–water partition coefficient (Wildman–Crippen LogP) is 2.33. The fraction of sp³-hybridized carbons (Fsp3) is 0.133. The molecule has 0 spiro atoms. The normalized spacial score (nSPS) is 17.6. The maximum Gasteiger partial charge on any atom is 0.239 e. The average Bonchev–Trinajstić information content (AvgIpc) is 3.80. The van der Waals surface area contributed by atoms with Gasteiger partial charge in [-0.3, -0.25) is 28.8 Å². The molecule has 2 aromatic heterocycles. The summed E-state index contributed by atoms with van der Waals surface area (Å²) in [6.07, 6.45) is 2.80. The molecule has 2 atom stereocenters. The molecule has 216 valence electrons. The Labute approximate surface area is 243 Å². The summed E-state index contributed by atoms with van der Waals surface area (Å²) in [7, 11) is -4.37. The Morgan fingerprint density at radius 2 is 1.00 bits per heavy atom. The van der Waals surface area contributed by atoms with Crippen molar-refractivity contribution in [3.63, 3.8) is 0 Å². The van der Waals surface area contributed by atoms with Crippen LogP contribution in [0, 0.1) is 11.8 Å². The van der Waals surface area contributed by atoms with Crippen LogP contribution in [0.5, 0.6) is 0 Å². The summed E-state index contributed by atoms with van der Waals surface area (Å²) in [5, 5.41) is 4.93. The summed E-state index contributed by atoms with van der Waals surface area (Å²) in [4.78, 5) is 76.5. The summed E-state index contributed by atoms with van der Waals surface area (Å²) in [5.74, 6) is -7.48. The van der Waals surface area contributed by atoms with Crippen molar-refractivity contribution >= 4 is 44.8 Å². The van der Waals surface area contributed by atoms with Crippen LogP contribution in [0.25, 0.3) is 0 Å². The topological polar surface area (TPSA) is 187 Å². The highest BCUT2D eigenvalue weighted by Crippen LogP contribution is 2.34. The highest BCUT2D eigenvalue weighted by Gasteiger charge is 2.45. The van der Waals surface area contributed by atoms with Gasteiger partial charge in [-0.2, -0.15) is 0 Å². The summed E-state index contributed by atoms with van der Waals surface area (Å²) in [6.45, 7) is -0.101. The first-order valence-electron chi connectivity index (χ1n) is 12.9. The Balaban J connectivity index is 1.23. The van der Waals surface area contributed by atoms with Crippen LogP contribution in [0.2, 0.25) is 0 Å². The van der Waals surface area contributed by atoms with Crippen molar-refractivity contribution in [2.24, 2.45) is 11.8 Å². The third-order valence-electron chi connectivity index (χ3n) is 7.27. The van der Waals surface area contributed by atoms with E-state index < -0.39 is 56.6 Å². The zero-order valence-corrected chi connectivity index (χ0v) is 22.8. The zero-order chi connectivity index (χ0) is 30.5. The molecule has 2 aromatic carbocycles. The number of furan rings is 2. The van der Waals surface area contributed by atoms with Crippen LogP contribution in [-0.2, 0) is 32.5 Å². The number of benzene rings is 2. The summed E-state index contributed by atoms with van der Waals surface area (Å²) in [6, 6.07) is 13.0. The Kier molecular flexibility index (Phi) is 6.73. The Hall–Kier alpha value is -5.43. The van der Waals surface area contributed by atoms with Crippen LogP contribution in [0.1, 0.15) is 53.0 Å². The van der Waals surface area contributed by atoms with Crippen molar-refractivity contribution in [3.05, 3.63) is 107 Å². The molecule has 2 N–H and O–H groups in total. The van der Waals surface area contributed by atoms with E-state index >= 15 is 0 Å². The number of hydrogen-bond acceptors (Lipinski definition) is 10. The van der Waals surface area contributed by atoms with Crippen LogP contribution in [-0.4, -0.2) is 43.4 Å². The molecular formula is C30H20N2O10S. The van der Waals surface area contributed by atoms with Gasteiger partial charge in [-0.05, 0) is 60.7 Å². The lowest BCUT2D eigenvalue weighted by Crippen LogP contribution is -2.36. The first-order chi connectivity index (χ1) is 20.6. The second-order valence-corrected chi connectivity index (χ2v) is 11.8. The standard InChI is InChI=1S/C30H20N2O10S/c33-25-19-7-5-17(11-21(19)27(35)23(25)29(37)31-13-15-3-1-9-41-15)43(39,40)18-6-8-20-22(12-18)28(36)24(26(20)34)30(38)32-14-16-4-2-10-42-16/h1-12,23-24H,13-14H2,(H,31,37)(H,32,38). The van der Waals surface area contributed by atoms with Crippen LogP contribution >= 0.6 is 0 Å². The van der Waals surface area contributed by atoms with E-state index in [1.807, 2.05) is 0 Å². The molecule has 2 aliphatic rings. The highest BCUT2D eigenvalue weighted by molar-refractivity contribution is 7.91. The number of fused-ring (bicyclic) bond motifs is 2. The molecule has 2 unspecified atom stereocenters. The average molecular weight is 601 g/mol. The van der Waals surface area contributed by atoms with Crippen molar-refractivity contribution in [2.45, 2.75) is 22.9 Å². The fourth-order valence-electron chi connectivity index (χ4n) is 5.07. The van der Waals surface area contributed by atoms with E-state index in [0.717, 1.165) is 36.4 Å². The van der Waals surface area contributed by atoms with Gasteiger partial charge in [0.25, 0.3) is 0 Å². The van der Waals surface area contributed by atoms with E-state index in [1.165, 1.54) is 12.5 Å². The van der Waals surface area contributed by atoms with E-state index in [-0.39, 0.29) is 45.1 Å². The van der Waals surface area contributed by atoms with Crippen LogP contribution in [0.3, 0.4) is 0 Å². The van der Waals surface area contributed by atoms with Gasteiger partial charge < -0.3 is 19.5 Å². The maximum atomic E-state index is 13.5. The predicted molar refractivity (Wildman–Crippen MR) is 144 cm³/mol. The number of sulfone groups is 1. The molecule has 2 amide bonds. The molecule has 0 aliphatic heterocycles.